The fourth-order valence-electron chi connectivity index (χ4n) is 3.00. The molecule has 0 unspecified atom stereocenters. The van der Waals surface area contributed by atoms with Crippen LogP contribution in [0.25, 0.3) is 11.0 Å². The monoisotopic (exact) mass is 507 g/mol. The van der Waals surface area contributed by atoms with Gasteiger partial charge in [-0.15, -0.1) is 0 Å². The predicted octanol–water partition coefficient (Wildman–Crippen LogP) is 2.00. The van der Waals surface area contributed by atoms with Crippen molar-refractivity contribution in [2.75, 3.05) is 18.8 Å². The number of benzene rings is 2. The van der Waals surface area contributed by atoms with Crippen LogP contribution in [-0.2, 0) is 16.6 Å². The van der Waals surface area contributed by atoms with Gasteiger partial charge in [0.2, 0.25) is 0 Å². The number of amides is 1. The Hall–Kier alpha value is -1.87. The number of nitrogens with one attached hydrogen (secondary N) is 1. The summed E-state index contributed by atoms with van der Waals surface area (Å²) in [5.41, 5.74) is -0.858. The predicted molar refractivity (Wildman–Crippen MR) is 120 cm³/mol. The summed E-state index contributed by atoms with van der Waals surface area (Å²) in [6, 6.07) is 6.04. The Kier molecular flexibility index (Phi) is 8.78. The van der Waals surface area contributed by atoms with Crippen LogP contribution in [0.4, 0.5) is 19.3 Å². The zero-order valence-corrected chi connectivity index (χ0v) is 18.0. The number of carbonyl (C=O) groups is 1. The van der Waals surface area contributed by atoms with E-state index in [2.05, 4.69) is 0 Å². The summed E-state index contributed by atoms with van der Waals surface area (Å²) in [4.78, 5) is 25.4. The number of hydrogen-bond acceptors (Lipinski definition) is 6. The van der Waals surface area contributed by atoms with Gasteiger partial charge in [-0.1, -0.05) is 12.1 Å². The van der Waals surface area contributed by atoms with Crippen molar-refractivity contribution in [1.82, 2.24) is 4.90 Å². The van der Waals surface area contributed by atoms with Crippen molar-refractivity contribution >= 4 is 84.3 Å². The number of fused-ring (bicyclic) bond motifs is 1. The van der Waals surface area contributed by atoms with Gasteiger partial charge in [0.15, 0.2) is 17.4 Å². The molecule has 1 aromatic heterocycles. The van der Waals surface area contributed by atoms with E-state index in [4.69, 9.17) is 14.3 Å². The maximum atomic E-state index is 14.7. The zero-order valence-electron chi connectivity index (χ0n) is 17.2. The average molecular weight is 508 g/mol. The number of nitrogens with zero attached hydrogens (tertiary/aromatic N) is 1. The second-order valence-electron chi connectivity index (χ2n) is 7.14. The van der Waals surface area contributed by atoms with Crippen LogP contribution >= 0.6 is 0 Å². The molecule has 13 heteroatoms. The van der Waals surface area contributed by atoms with Crippen LogP contribution in [0.2, 0.25) is 0 Å². The topological polar surface area (TPSA) is 132 Å². The summed E-state index contributed by atoms with van der Waals surface area (Å²) in [6.45, 7) is 1.53. The van der Waals surface area contributed by atoms with Gasteiger partial charge < -0.3 is 14.1 Å². The molecule has 0 saturated heterocycles. The van der Waals surface area contributed by atoms with Crippen molar-refractivity contribution < 1.29 is 31.1 Å². The van der Waals surface area contributed by atoms with Gasteiger partial charge in [0.25, 0.3) is 10.2 Å². The van der Waals surface area contributed by atoms with Crippen molar-refractivity contribution in [3.63, 3.8) is 0 Å². The van der Waals surface area contributed by atoms with Crippen molar-refractivity contribution in [3.05, 3.63) is 69.1 Å². The van der Waals surface area contributed by atoms with Gasteiger partial charge in [-0.3, -0.25) is 4.72 Å². The Bertz CT molecular complexity index is 1390. The molecule has 3 aromatic rings. The van der Waals surface area contributed by atoms with Crippen LogP contribution in [-0.4, -0.2) is 84.9 Å². The van der Waals surface area contributed by atoms with E-state index < -0.39 is 39.3 Å². The molecule has 33 heavy (non-hydrogen) atoms. The van der Waals surface area contributed by atoms with Gasteiger partial charge in [-0.2, -0.15) is 8.42 Å². The quantitative estimate of drug-likeness (QED) is 0.401. The minimum absolute atomic E-state index is 0. The molecule has 0 atom stereocenters. The second-order valence-corrected chi connectivity index (χ2v) is 8.43. The zero-order chi connectivity index (χ0) is 23.8. The molecule has 1 amide bonds. The van der Waals surface area contributed by atoms with E-state index in [-0.39, 0.29) is 85.6 Å². The Morgan fingerprint density at radius 1 is 1.24 bits per heavy atom. The maximum absolute atomic E-state index is 14.7. The molecule has 172 valence electrons. The van der Waals surface area contributed by atoms with Gasteiger partial charge >= 0.3 is 63.1 Å². The molecular formula is C20H20F2KN3O6S. The minimum atomic E-state index is -4.21. The first-order valence-electron chi connectivity index (χ1n) is 9.10. The third kappa shape index (κ3) is 6.38. The van der Waals surface area contributed by atoms with Gasteiger partial charge in [0.05, 0.1) is 5.69 Å². The van der Waals surface area contributed by atoms with Gasteiger partial charge in [0.1, 0.15) is 5.58 Å². The van der Waals surface area contributed by atoms with E-state index in [0.29, 0.717) is 5.56 Å². The van der Waals surface area contributed by atoms with Crippen molar-refractivity contribution in [3.8, 4) is 5.75 Å². The van der Waals surface area contributed by atoms with E-state index in [9.17, 15) is 26.8 Å². The first-order chi connectivity index (χ1) is 14.9. The van der Waals surface area contributed by atoms with Crippen LogP contribution in [0.3, 0.4) is 0 Å². The summed E-state index contributed by atoms with van der Waals surface area (Å²) >= 11 is 0. The number of hydrogen-bond donors (Lipinski definition) is 2. The third-order valence-corrected chi connectivity index (χ3v) is 5.10. The molecule has 0 spiro atoms. The molecule has 0 fully saturated rings. The molecule has 9 nitrogen and oxygen atoms in total. The number of aryl methyl sites for hydroxylation is 1. The SMILES string of the molecule is Cc1c(Cc2cccc(NS(N)(=O)=O)c2F)c(=O)oc2cc(OC(=O)N(C)C)c(F)cc12.[KH]. The average Bonchev–Trinajstić information content (AvgIpc) is 2.68. The standard InChI is InChI=1S/C20H19F2N3O6S.K.H/c1-10-12-8-14(21)17(31-20(27)25(2)3)9-16(12)30-19(26)13(10)7-11-5-4-6-15(18(11)22)24-32(23,28)29;;/h4-6,8-9,24H,7H2,1-3H3,(H2,23,28,29);;. The van der Waals surface area contributed by atoms with Crippen molar-refractivity contribution in [2.24, 2.45) is 5.14 Å². The Morgan fingerprint density at radius 2 is 1.91 bits per heavy atom. The van der Waals surface area contributed by atoms with E-state index in [1.165, 1.54) is 39.2 Å². The summed E-state index contributed by atoms with van der Waals surface area (Å²) in [6.07, 6.45) is -1.07. The first-order valence-corrected chi connectivity index (χ1v) is 10.6. The summed E-state index contributed by atoms with van der Waals surface area (Å²) in [5.74, 6) is -2.20. The van der Waals surface area contributed by atoms with E-state index in [1.54, 1.807) is 0 Å². The summed E-state index contributed by atoms with van der Waals surface area (Å²) in [5, 5.41) is 5.11. The number of anilines is 1. The van der Waals surface area contributed by atoms with Crippen LogP contribution in [0.15, 0.2) is 39.5 Å². The molecule has 0 aliphatic rings. The van der Waals surface area contributed by atoms with E-state index in [1.807, 2.05) is 4.72 Å². The molecule has 3 N–H and O–H groups in total. The fourth-order valence-corrected chi connectivity index (χ4v) is 3.46. The van der Waals surface area contributed by atoms with Gasteiger partial charge in [-0.05, 0) is 30.2 Å². The van der Waals surface area contributed by atoms with Crippen molar-refractivity contribution in [2.45, 2.75) is 13.3 Å². The third-order valence-electron chi connectivity index (χ3n) is 4.60. The fraction of sp³-hybridized carbons (Fsp3) is 0.200. The molecule has 0 aliphatic heterocycles. The van der Waals surface area contributed by atoms with Crippen molar-refractivity contribution in [1.29, 1.82) is 0 Å². The Labute approximate surface area is 230 Å². The van der Waals surface area contributed by atoms with Gasteiger partial charge in [0, 0.05) is 37.5 Å². The summed E-state index contributed by atoms with van der Waals surface area (Å²) in [7, 11) is -1.37. The number of carbonyl (C=O) groups excluding carboxylic acids is 1. The Balaban J connectivity index is 0.00000385. The van der Waals surface area contributed by atoms with E-state index in [0.717, 1.165) is 17.0 Å². The van der Waals surface area contributed by atoms with Crippen LogP contribution in [0.1, 0.15) is 16.7 Å². The molecule has 3 rings (SSSR count). The van der Waals surface area contributed by atoms with Gasteiger partial charge in [-0.25, -0.2) is 23.5 Å². The molecule has 0 bridgehead atoms. The second kappa shape index (κ2) is 10.6. The summed E-state index contributed by atoms with van der Waals surface area (Å²) < 4.78 is 63.7. The molecule has 0 saturated carbocycles. The number of rotatable bonds is 5. The molecule has 0 radical (unpaired) electrons. The van der Waals surface area contributed by atoms with Crippen LogP contribution in [0, 0.1) is 18.6 Å². The van der Waals surface area contributed by atoms with E-state index >= 15 is 0 Å². The normalized spacial score (nSPS) is 11.1. The molecule has 1 heterocycles. The van der Waals surface area contributed by atoms with Crippen LogP contribution in [0.5, 0.6) is 5.75 Å². The molecule has 2 aromatic carbocycles. The Morgan fingerprint density at radius 3 is 2.52 bits per heavy atom. The number of halogens is 2. The molecule has 0 aliphatic carbocycles. The number of nitrogens with two attached hydrogens (primary N) is 1. The first kappa shape index (κ1) is 27.4. The molecular weight excluding hydrogens is 487 g/mol. The van der Waals surface area contributed by atoms with Crippen LogP contribution < -0.4 is 20.2 Å². The number of ether oxygens (including phenoxy) is 1.